The maximum absolute atomic E-state index is 5.25. The van der Waals surface area contributed by atoms with Crippen LogP contribution in [0.25, 0.3) is 0 Å². The van der Waals surface area contributed by atoms with Gasteiger partial charge in [0.25, 0.3) is 0 Å². The van der Waals surface area contributed by atoms with E-state index in [1.807, 2.05) is 17.8 Å². The molecule has 0 aromatic heterocycles. The van der Waals surface area contributed by atoms with Crippen molar-refractivity contribution in [2.75, 3.05) is 25.7 Å². The van der Waals surface area contributed by atoms with Crippen molar-refractivity contribution in [1.82, 2.24) is 5.32 Å². The van der Waals surface area contributed by atoms with Gasteiger partial charge in [0.1, 0.15) is 5.75 Å². The summed E-state index contributed by atoms with van der Waals surface area (Å²) in [6.07, 6.45) is 4.72. The molecule has 1 aromatic rings. The summed E-state index contributed by atoms with van der Waals surface area (Å²) in [5.74, 6) is 2.23. The lowest BCUT2D eigenvalue weighted by Crippen LogP contribution is -2.14. The van der Waals surface area contributed by atoms with Crippen LogP contribution in [0.15, 0.2) is 18.2 Å². The van der Waals surface area contributed by atoms with E-state index in [0.717, 1.165) is 18.8 Å². The molecule has 0 saturated carbocycles. The molecule has 2 nitrogen and oxygen atoms in total. The lowest BCUT2D eigenvalue weighted by molar-refractivity contribution is 0.411. The number of nitrogens with one attached hydrogen (secondary N) is 1. The zero-order valence-corrected chi connectivity index (χ0v) is 11.9. The van der Waals surface area contributed by atoms with Crippen molar-refractivity contribution in [3.8, 4) is 5.75 Å². The summed E-state index contributed by atoms with van der Waals surface area (Å²) in [7, 11) is 1.71. The van der Waals surface area contributed by atoms with E-state index < -0.39 is 0 Å². The third kappa shape index (κ3) is 5.46. The first-order valence-electron chi connectivity index (χ1n) is 6.11. The van der Waals surface area contributed by atoms with Gasteiger partial charge in [0.15, 0.2) is 0 Å². The minimum absolute atomic E-state index is 0.949. The van der Waals surface area contributed by atoms with Crippen LogP contribution in [0.4, 0.5) is 0 Å². The van der Waals surface area contributed by atoms with E-state index in [-0.39, 0.29) is 0 Å². The molecule has 0 aliphatic rings. The predicted octanol–water partition coefficient (Wildman–Crippen LogP) is 3.24. The third-order valence-electron chi connectivity index (χ3n) is 2.74. The van der Waals surface area contributed by atoms with Crippen LogP contribution >= 0.6 is 11.8 Å². The Balaban J connectivity index is 2.25. The molecule has 0 bridgehead atoms. The number of hydrogen-bond acceptors (Lipinski definition) is 3. The molecule has 0 unspecified atom stereocenters. The summed E-state index contributed by atoms with van der Waals surface area (Å²) >= 11 is 1.92. The standard InChI is InChI=1S/C14H23NOS/c1-12-10-13(6-7-14(12)16-2)11-15-8-4-5-9-17-3/h6-7,10,15H,4-5,8-9,11H2,1-3H3. The highest BCUT2D eigenvalue weighted by atomic mass is 32.2. The fourth-order valence-electron chi connectivity index (χ4n) is 1.78. The van der Waals surface area contributed by atoms with Gasteiger partial charge in [-0.3, -0.25) is 0 Å². The van der Waals surface area contributed by atoms with Crippen molar-refractivity contribution < 1.29 is 4.74 Å². The first kappa shape index (κ1) is 14.4. The Hall–Kier alpha value is -0.670. The Morgan fingerprint density at radius 1 is 1.29 bits per heavy atom. The van der Waals surface area contributed by atoms with Crippen LogP contribution in [0.1, 0.15) is 24.0 Å². The van der Waals surface area contributed by atoms with Crippen molar-refractivity contribution in [2.45, 2.75) is 26.3 Å². The zero-order valence-electron chi connectivity index (χ0n) is 11.1. The average molecular weight is 253 g/mol. The molecule has 1 N–H and O–H groups in total. The lowest BCUT2D eigenvalue weighted by Gasteiger charge is -2.08. The number of rotatable bonds is 8. The monoisotopic (exact) mass is 253 g/mol. The largest absolute Gasteiger partial charge is 0.496 e. The van der Waals surface area contributed by atoms with Gasteiger partial charge in [0.05, 0.1) is 7.11 Å². The molecule has 0 spiro atoms. The molecule has 0 fully saturated rings. The van der Waals surface area contributed by atoms with Gasteiger partial charge in [-0.15, -0.1) is 0 Å². The van der Waals surface area contributed by atoms with Crippen molar-refractivity contribution in [3.63, 3.8) is 0 Å². The van der Waals surface area contributed by atoms with E-state index in [1.54, 1.807) is 7.11 Å². The van der Waals surface area contributed by atoms with Crippen molar-refractivity contribution in [3.05, 3.63) is 29.3 Å². The number of benzene rings is 1. The van der Waals surface area contributed by atoms with E-state index in [1.165, 1.54) is 29.7 Å². The Morgan fingerprint density at radius 2 is 2.12 bits per heavy atom. The zero-order chi connectivity index (χ0) is 12.5. The molecule has 1 aromatic carbocycles. The summed E-state index contributed by atoms with van der Waals surface area (Å²) in [6, 6.07) is 6.36. The molecule has 1 rings (SSSR count). The number of ether oxygens (including phenoxy) is 1. The second-order valence-corrected chi connectivity index (χ2v) is 5.17. The molecule has 0 amide bonds. The molecular weight excluding hydrogens is 230 g/mol. The van der Waals surface area contributed by atoms with Gasteiger partial charge >= 0.3 is 0 Å². The van der Waals surface area contributed by atoms with E-state index in [4.69, 9.17) is 4.74 Å². The van der Waals surface area contributed by atoms with E-state index in [2.05, 4.69) is 30.6 Å². The Kier molecular flexibility index (Phi) is 7.13. The Bertz CT molecular complexity index is 328. The summed E-state index contributed by atoms with van der Waals surface area (Å²) in [6.45, 7) is 4.14. The quantitative estimate of drug-likeness (QED) is 0.719. The highest BCUT2D eigenvalue weighted by Crippen LogP contribution is 2.18. The molecule has 0 aliphatic carbocycles. The van der Waals surface area contributed by atoms with Crippen molar-refractivity contribution >= 4 is 11.8 Å². The normalized spacial score (nSPS) is 10.5. The second-order valence-electron chi connectivity index (χ2n) is 4.18. The number of thioether (sulfide) groups is 1. The Morgan fingerprint density at radius 3 is 2.76 bits per heavy atom. The van der Waals surface area contributed by atoms with Crippen molar-refractivity contribution in [2.24, 2.45) is 0 Å². The highest BCUT2D eigenvalue weighted by Gasteiger charge is 1.99. The van der Waals surface area contributed by atoms with E-state index in [9.17, 15) is 0 Å². The number of unbranched alkanes of at least 4 members (excludes halogenated alkanes) is 1. The average Bonchev–Trinajstić information content (AvgIpc) is 2.34. The molecule has 0 radical (unpaired) electrons. The van der Waals surface area contributed by atoms with Gasteiger partial charge in [0.2, 0.25) is 0 Å². The van der Waals surface area contributed by atoms with Crippen LogP contribution in [0.3, 0.4) is 0 Å². The number of methoxy groups -OCH3 is 1. The highest BCUT2D eigenvalue weighted by molar-refractivity contribution is 7.98. The van der Waals surface area contributed by atoms with Crippen LogP contribution in [0.5, 0.6) is 5.75 Å². The van der Waals surface area contributed by atoms with E-state index in [0.29, 0.717) is 0 Å². The lowest BCUT2D eigenvalue weighted by atomic mass is 10.1. The minimum Gasteiger partial charge on any atom is -0.496 e. The maximum Gasteiger partial charge on any atom is 0.121 e. The minimum atomic E-state index is 0.949. The van der Waals surface area contributed by atoms with Gasteiger partial charge in [-0.25, -0.2) is 0 Å². The van der Waals surface area contributed by atoms with Crippen LogP contribution in [-0.2, 0) is 6.54 Å². The molecular formula is C14H23NOS. The molecule has 96 valence electrons. The van der Waals surface area contributed by atoms with Crippen molar-refractivity contribution in [1.29, 1.82) is 0 Å². The molecule has 0 aliphatic heterocycles. The second kappa shape index (κ2) is 8.43. The first-order chi connectivity index (χ1) is 8.27. The van der Waals surface area contributed by atoms with Gasteiger partial charge in [-0.2, -0.15) is 11.8 Å². The molecule has 17 heavy (non-hydrogen) atoms. The van der Waals surface area contributed by atoms with Gasteiger partial charge in [0, 0.05) is 6.54 Å². The molecule has 0 saturated heterocycles. The summed E-state index contributed by atoms with van der Waals surface area (Å²) in [4.78, 5) is 0. The molecule has 0 atom stereocenters. The van der Waals surface area contributed by atoms with Crippen LogP contribution in [0, 0.1) is 6.92 Å². The molecule has 0 heterocycles. The number of aryl methyl sites for hydroxylation is 1. The van der Waals surface area contributed by atoms with Gasteiger partial charge < -0.3 is 10.1 Å². The Labute approximate surface area is 109 Å². The van der Waals surface area contributed by atoms with Crippen LogP contribution in [0.2, 0.25) is 0 Å². The SMILES string of the molecule is COc1ccc(CNCCCCSC)cc1C. The summed E-state index contributed by atoms with van der Waals surface area (Å²) < 4.78 is 5.25. The smallest absolute Gasteiger partial charge is 0.121 e. The van der Waals surface area contributed by atoms with Crippen LogP contribution < -0.4 is 10.1 Å². The molecule has 3 heteroatoms. The number of hydrogen-bond donors (Lipinski definition) is 1. The topological polar surface area (TPSA) is 21.3 Å². The predicted molar refractivity (Wildman–Crippen MR) is 77.1 cm³/mol. The first-order valence-corrected chi connectivity index (χ1v) is 7.50. The van der Waals surface area contributed by atoms with Gasteiger partial charge in [-0.05, 0) is 55.5 Å². The maximum atomic E-state index is 5.25. The summed E-state index contributed by atoms with van der Waals surface area (Å²) in [5.41, 5.74) is 2.53. The fourth-order valence-corrected chi connectivity index (χ4v) is 2.27. The van der Waals surface area contributed by atoms with Crippen LogP contribution in [-0.4, -0.2) is 25.7 Å². The van der Waals surface area contributed by atoms with E-state index >= 15 is 0 Å². The van der Waals surface area contributed by atoms with Gasteiger partial charge in [-0.1, -0.05) is 12.1 Å². The summed E-state index contributed by atoms with van der Waals surface area (Å²) in [5, 5.41) is 3.48. The third-order valence-corrected chi connectivity index (χ3v) is 3.44. The fraction of sp³-hybridized carbons (Fsp3) is 0.571.